The minimum absolute atomic E-state index is 0.0723. The predicted molar refractivity (Wildman–Crippen MR) is 126 cm³/mol. The van der Waals surface area contributed by atoms with Gasteiger partial charge in [-0.1, -0.05) is 36.4 Å². The van der Waals surface area contributed by atoms with Gasteiger partial charge in [-0.15, -0.1) is 11.8 Å². The maximum atomic E-state index is 14.8. The number of hydrogen-bond acceptors (Lipinski definition) is 4. The van der Waals surface area contributed by atoms with Crippen LogP contribution < -0.4 is 10.6 Å². The van der Waals surface area contributed by atoms with Crippen molar-refractivity contribution < 1.29 is 9.18 Å². The first-order valence-corrected chi connectivity index (χ1v) is 11.8. The normalized spacial score (nSPS) is 17.5. The number of aromatic nitrogens is 1. The molecule has 1 aromatic heterocycles. The Hall–Kier alpha value is -2.21. The number of nitrogens with zero attached hydrogens (tertiary/aromatic N) is 1. The van der Waals surface area contributed by atoms with Crippen LogP contribution in [0.3, 0.4) is 0 Å². The van der Waals surface area contributed by atoms with E-state index in [0.29, 0.717) is 17.2 Å². The first-order valence-electron chi connectivity index (χ1n) is 10.5. The Kier molecular flexibility index (Phi) is 6.47. The van der Waals surface area contributed by atoms with E-state index in [1.165, 1.54) is 6.07 Å². The lowest BCUT2D eigenvalue weighted by Crippen LogP contribution is -2.39. The lowest BCUT2D eigenvalue weighted by molar-refractivity contribution is 0.0940. The number of carbonyl (C=O) groups excluding carboxylic acids is 1. The van der Waals surface area contributed by atoms with Gasteiger partial charge < -0.3 is 10.6 Å². The van der Waals surface area contributed by atoms with E-state index in [1.54, 1.807) is 23.9 Å². The highest BCUT2D eigenvalue weighted by atomic mass is 32.2. The fourth-order valence-electron chi connectivity index (χ4n) is 3.57. The molecular weight excluding hydrogens is 407 g/mol. The summed E-state index contributed by atoms with van der Waals surface area (Å²) >= 11 is 1.57. The van der Waals surface area contributed by atoms with E-state index in [1.807, 2.05) is 35.9 Å². The Bertz CT molecular complexity index is 978. The van der Waals surface area contributed by atoms with E-state index in [0.717, 1.165) is 25.7 Å². The van der Waals surface area contributed by atoms with E-state index < -0.39 is 17.1 Å². The minimum atomic E-state index is -1.48. The Labute approximate surface area is 189 Å². The molecule has 156 valence electrons. The van der Waals surface area contributed by atoms with Crippen LogP contribution in [-0.4, -0.2) is 38.9 Å². The van der Waals surface area contributed by atoms with Gasteiger partial charge in [0.05, 0.1) is 33.0 Å². The standard InChI is InChI=1S/C23H24B2FN3OS/c1-31-12-11-19(14-7-8-14)27-22(30)17-13-18(26)20(15-9-10-15)28-21(17)29-23(24,25)16-5-3-2-4-6-16/h2-6,11-15,19H,7-10H2,1H3,(H,27,30)(H,28,29)/b12-11+. The molecule has 4 rings (SSSR count). The fraction of sp³-hybridized carbons (Fsp3) is 0.391. The highest BCUT2D eigenvalue weighted by molar-refractivity contribution is 8.01. The van der Waals surface area contributed by atoms with Gasteiger partial charge in [0, 0.05) is 5.92 Å². The van der Waals surface area contributed by atoms with Crippen molar-refractivity contribution in [2.75, 3.05) is 11.6 Å². The molecule has 0 spiro atoms. The molecule has 4 nitrogen and oxygen atoms in total. The first kappa shape index (κ1) is 22.0. The van der Waals surface area contributed by atoms with Crippen LogP contribution in [0.1, 0.15) is 53.2 Å². The molecule has 8 heteroatoms. The van der Waals surface area contributed by atoms with Crippen molar-refractivity contribution >= 4 is 39.2 Å². The van der Waals surface area contributed by atoms with Gasteiger partial charge in [0.2, 0.25) is 0 Å². The van der Waals surface area contributed by atoms with E-state index >= 15 is 0 Å². The smallest absolute Gasteiger partial charge is 0.255 e. The molecule has 1 aromatic carbocycles. The second-order valence-corrected chi connectivity index (χ2v) is 9.03. The fourth-order valence-corrected chi connectivity index (χ4v) is 3.89. The molecule has 2 fully saturated rings. The van der Waals surface area contributed by atoms with E-state index in [-0.39, 0.29) is 23.3 Å². The van der Waals surface area contributed by atoms with Crippen molar-refractivity contribution in [3.8, 4) is 0 Å². The first-order chi connectivity index (χ1) is 14.9. The van der Waals surface area contributed by atoms with Crippen molar-refractivity contribution in [1.29, 1.82) is 0 Å². The summed E-state index contributed by atoms with van der Waals surface area (Å²) in [6.07, 6.45) is 7.83. The Morgan fingerprint density at radius 2 is 1.97 bits per heavy atom. The van der Waals surface area contributed by atoms with Crippen molar-refractivity contribution in [2.45, 2.75) is 43.0 Å². The second-order valence-electron chi connectivity index (χ2n) is 8.29. The number of pyridine rings is 1. The minimum Gasteiger partial charge on any atom is -0.377 e. The molecule has 2 aromatic rings. The average Bonchev–Trinajstić information content (AvgIpc) is 3.65. The molecule has 0 bridgehead atoms. The van der Waals surface area contributed by atoms with Gasteiger partial charge in [0.15, 0.2) is 0 Å². The average molecular weight is 431 g/mol. The van der Waals surface area contributed by atoms with Crippen molar-refractivity contribution in [2.24, 2.45) is 5.92 Å². The molecule has 4 radical (unpaired) electrons. The van der Waals surface area contributed by atoms with Gasteiger partial charge in [0.25, 0.3) is 5.91 Å². The molecule has 2 N–H and O–H groups in total. The number of carbonyl (C=O) groups is 1. The molecule has 0 aliphatic heterocycles. The second kappa shape index (κ2) is 9.11. The number of halogens is 1. The SMILES string of the molecule is [B]C([B])(Nc1nc(C2CC2)c(F)cc1C(=O)NC(/C=C/SC)C1CC1)c1ccccc1. The zero-order valence-electron chi connectivity index (χ0n) is 17.5. The number of amides is 1. The van der Waals surface area contributed by atoms with Crippen molar-refractivity contribution in [3.63, 3.8) is 0 Å². The van der Waals surface area contributed by atoms with Gasteiger partial charge in [0.1, 0.15) is 11.6 Å². The summed E-state index contributed by atoms with van der Waals surface area (Å²) in [5.41, 5.74) is 1.07. The molecule has 0 saturated heterocycles. The van der Waals surface area contributed by atoms with Crippen LogP contribution in [0.5, 0.6) is 0 Å². The van der Waals surface area contributed by atoms with Crippen LogP contribution in [0.2, 0.25) is 0 Å². The summed E-state index contributed by atoms with van der Waals surface area (Å²) in [4.78, 5) is 17.6. The highest BCUT2D eigenvalue weighted by Gasteiger charge is 2.34. The summed E-state index contributed by atoms with van der Waals surface area (Å²) in [5, 5.41) is 6.49. The number of thioether (sulfide) groups is 1. The third-order valence-electron chi connectivity index (χ3n) is 5.64. The molecule has 31 heavy (non-hydrogen) atoms. The Balaban J connectivity index is 1.65. The molecule has 1 heterocycles. The molecule has 2 aliphatic carbocycles. The quantitative estimate of drug-likeness (QED) is 0.589. The maximum Gasteiger partial charge on any atom is 0.255 e. The summed E-state index contributed by atoms with van der Waals surface area (Å²) < 4.78 is 14.8. The van der Waals surface area contributed by atoms with Crippen LogP contribution in [-0.2, 0) is 5.34 Å². The lowest BCUT2D eigenvalue weighted by Gasteiger charge is -2.30. The Morgan fingerprint density at radius 3 is 2.58 bits per heavy atom. The van der Waals surface area contributed by atoms with E-state index in [2.05, 4.69) is 15.6 Å². The van der Waals surface area contributed by atoms with Gasteiger partial charge in [-0.3, -0.25) is 4.79 Å². The monoisotopic (exact) mass is 431 g/mol. The largest absolute Gasteiger partial charge is 0.377 e. The Morgan fingerprint density at radius 1 is 1.26 bits per heavy atom. The number of anilines is 1. The molecular formula is C23H24B2FN3OS. The zero-order chi connectivity index (χ0) is 22.0. The summed E-state index contributed by atoms with van der Waals surface area (Å²) in [6.45, 7) is 0. The van der Waals surface area contributed by atoms with Crippen LogP contribution in [0, 0.1) is 11.7 Å². The molecule has 2 saturated carbocycles. The van der Waals surface area contributed by atoms with Crippen molar-refractivity contribution in [3.05, 3.63) is 70.5 Å². The van der Waals surface area contributed by atoms with Crippen molar-refractivity contribution in [1.82, 2.24) is 10.3 Å². The number of hydrogen-bond donors (Lipinski definition) is 2. The summed E-state index contributed by atoms with van der Waals surface area (Å²) in [7, 11) is 12.7. The van der Waals surface area contributed by atoms with E-state index in [4.69, 9.17) is 15.7 Å². The highest BCUT2D eigenvalue weighted by Crippen LogP contribution is 2.41. The predicted octanol–water partition coefficient (Wildman–Crippen LogP) is 4.04. The molecule has 2 aliphatic rings. The number of rotatable bonds is 9. The van der Waals surface area contributed by atoms with Gasteiger partial charge in [-0.25, -0.2) is 9.37 Å². The third kappa shape index (κ3) is 5.35. The van der Waals surface area contributed by atoms with Gasteiger partial charge in [-0.05, 0) is 60.2 Å². The maximum absolute atomic E-state index is 14.8. The summed E-state index contributed by atoms with van der Waals surface area (Å²) in [5.74, 6) is -0.205. The molecule has 1 unspecified atom stereocenters. The molecule has 1 amide bonds. The van der Waals surface area contributed by atoms with Crippen LogP contribution >= 0.6 is 11.8 Å². The number of benzene rings is 1. The summed E-state index contributed by atoms with van der Waals surface area (Å²) in [6, 6.07) is 10.2. The lowest BCUT2D eigenvalue weighted by atomic mass is 9.58. The number of nitrogens with one attached hydrogen (secondary N) is 2. The van der Waals surface area contributed by atoms with Crippen LogP contribution in [0.25, 0.3) is 0 Å². The van der Waals surface area contributed by atoms with Gasteiger partial charge in [-0.2, -0.15) is 0 Å². The van der Waals surface area contributed by atoms with Gasteiger partial charge >= 0.3 is 0 Å². The third-order valence-corrected chi connectivity index (χ3v) is 6.07. The van der Waals surface area contributed by atoms with Crippen LogP contribution in [0.4, 0.5) is 10.2 Å². The zero-order valence-corrected chi connectivity index (χ0v) is 18.3. The molecule has 1 atom stereocenters. The topological polar surface area (TPSA) is 54.0 Å². The van der Waals surface area contributed by atoms with Crippen LogP contribution in [0.15, 0.2) is 47.9 Å². The van der Waals surface area contributed by atoms with E-state index in [9.17, 15) is 9.18 Å².